The number of esters is 1. The second-order valence-corrected chi connectivity index (χ2v) is 10.9. The van der Waals surface area contributed by atoms with Crippen LogP contribution in [0.3, 0.4) is 0 Å². The van der Waals surface area contributed by atoms with Crippen molar-refractivity contribution in [3.63, 3.8) is 0 Å². The van der Waals surface area contributed by atoms with Crippen LogP contribution in [0.2, 0.25) is 0 Å². The zero-order valence-corrected chi connectivity index (χ0v) is 16.9. The Morgan fingerprint density at radius 2 is 1.88 bits per heavy atom. The minimum Gasteiger partial charge on any atom is -0.458 e. The van der Waals surface area contributed by atoms with Crippen LogP contribution < -0.4 is 0 Å². The average molecular weight is 377 g/mol. The van der Waals surface area contributed by atoms with E-state index in [-0.39, 0.29) is 28.5 Å². The maximum absolute atomic E-state index is 12.0. The molecule has 0 amide bonds. The molecule has 4 heteroatoms. The summed E-state index contributed by atoms with van der Waals surface area (Å²) < 4.78 is 6.03. The van der Waals surface area contributed by atoms with Crippen molar-refractivity contribution in [2.45, 2.75) is 88.6 Å². The van der Waals surface area contributed by atoms with E-state index < -0.39 is 0 Å². The fourth-order valence-corrected chi connectivity index (χ4v) is 8.58. The van der Waals surface area contributed by atoms with Gasteiger partial charge in [0, 0.05) is 17.1 Å². The fraction of sp³-hybridized carbons (Fsp3) is 0.864. The molecule has 4 aliphatic carbocycles. The molecule has 1 saturated heterocycles. The molecule has 0 aromatic rings. The van der Waals surface area contributed by atoms with Gasteiger partial charge in [-0.05, 0) is 74.5 Å². The summed E-state index contributed by atoms with van der Waals surface area (Å²) in [6.45, 7) is 4.86. The molecule has 1 N–H and O–H groups in total. The van der Waals surface area contributed by atoms with Crippen LogP contribution in [0.15, 0.2) is 11.6 Å². The first-order chi connectivity index (χ1) is 12.3. The van der Waals surface area contributed by atoms with Crippen molar-refractivity contribution in [2.75, 3.05) is 0 Å². The Bertz CT molecular complexity index is 674. The number of fused-ring (bicyclic) bond motifs is 6. The minimum absolute atomic E-state index is 0.0125. The van der Waals surface area contributed by atoms with E-state index in [2.05, 4.69) is 19.9 Å². The van der Waals surface area contributed by atoms with Gasteiger partial charge in [0.15, 0.2) is 0 Å². The summed E-state index contributed by atoms with van der Waals surface area (Å²) in [6.07, 6.45) is 11.0. The number of allylic oxidation sites excluding steroid dienone is 1. The van der Waals surface area contributed by atoms with Crippen LogP contribution in [-0.4, -0.2) is 28.0 Å². The normalized spacial score (nSPS) is 55.8. The largest absolute Gasteiger partial charge is 0.458 e. The zero-order valence-electron chi connectivity index (χ0n) is 16.0. The lowest BCUT2D eigenvalue weighted by atomic mass is 9.46. The molecule has 8 atom stereocenters. The predicted octanol–water partition coefficient (Wildman–Crippen LogP) is 4.29. The first-order valence-electron chi connectivity index (χ1n) is 10.6. The molecule has 3 nitrogen and oxygen atoms in total. The van der Waals surface area contributed by atoms with E-state index >= 15 is 0 Å². The number of carbonyl (C=O) groups is 1. The Hall–Kier alpha value is -0.480. The lowest BCUT2D eigenvalue weighted by Gasteiger charge is -2.61. The third-order valence-corrected chi connectivity index (χ3v) is 9.97. The third-order valence-electron chi connectivity index (χ3n) is 9.44. The molecule has 0 radical (unpaired) electrons. The number of thiol groups is 1. The molecule has 0 bridgehead atoms. The molecule has 3 saturated carbocycles. The van der Waals surface area contributed by atoms with Gasteiger partial charge >= 0.3 is 5.97 Å². The lowest BCUT2D eigenvalue weighted by molar-refractivity contribution is -0.167. The first-order valence-corrected chi connectivity index (χ1v) is 11.1. The highest BCUT2D eigenvalue weighted by molar-refractivity contribution is 7.81. The summed E-state index contributed by atoms with van der Waals surface area (Å²) in [7, 11) is 0. The van der Waals surface area contributed by atoms with E-state index in [9.17, 15) is 9.90 Å². The van der Waals surface area contributed by atoms with Crippen LogP contribution in [-0.2, 0) is 9.53 Å². The fourth-order valence-electron chi connectivity index (χ4n) is 7.97. The van der Waals surface area contributed by atoms with Crippen molar-refractivity contribution in [3.8, 4) is 0 Å². The summed E-state index contributed by atoms with van der Waals surface area (Å²) >= 11 is 5.10. The number of ether oxygens (including phenoxy) is 1. The molecule has 1 unspecified atom stereocenters. The number of carbonyl (C=O) groups excluding carboxylic acids is 1. The molecular weight excluding hydrogens is 344 g/mol. The average Bonchev–Trinajstić information content (AvgIpc) is 3.11. The molecule has 1 spiro atoms. The van der Waals surface area contributed by atoms with Gasteiger partial charge < -0.3 is 9.84 Å². The Balaban J connectivity index is 1.52. The molecule has 4 fully saturated rings. The number of aliphatic hydroxyl groups excluding tert-OH is 1. The Kier molecular flexibility index (Phi) is 3.75. The topological polar surface area (TPSA) is 46.5 Å². The highest BCUT2D eigenvalue weighted by Crippen LogP contribution is 2.70. The van der Waals surface area contributed by atoms with Crippen molar-refractivity contribution >= 4 is 18.6 Å². The van der Waals surface area contributed by atoms with Gasteiger partial charge in [-0.2, -0.15) is 12.6 Å². The molecule has 26 heavy (non-hydrogen) atoms. The van der Waals surface area contributed by atoms with Crippen molar-refractivity contribution in [2.24, 2.45) is 28.6 Å². The molecule has 0 aromatic carbocycles. The highest BCUT2D eigenvalue weighted by Gasteiger charge is 2.68. The molecular formula is C22H32O3S. The van der Waals surface area contributed by atoms with Gasteiger partial charge in [-0.3, -0.25) is 4.79 Å². The summed E-state index contributed by atoms with van der Waals surface area (Å²) in [5.41, 5.74) is 1.60. The summed E-state index contributed by atoms with van der Waals surface area (Å²) in [6, 6.07) is 0. The maximum Gasteiger partial charge on any atom is 0.306 e. The summed E-state index contributed by atoms with van der Waals surface area (Å²) in [4.78, 5) is 12.0. The minimum atomic E-state index is -0.267. The van der Waals surface area contributed by atoms with E-state index in [4.69, 9.17) is 17.4 Å². The Labute approximate surface area is 162 Å². The van der Waals surface area contributed by atoms with Crippen molar-refractivity contribution in [1.29, 1.82) is 0 Å². The molecule has 1 heterocycles. The van der Waals surface area contributed by atoms with Gasteiger partial charge in [-0.1, -0.05) is 25.5 Å². The molecule has 0 aromatic heterocycles. The summed E-state index contributed by atoms with van der Waals surface area (Å²) in [5.74, 6) is 1.88. The van der Waals surface area contributed by atoms with Gasteiger partial charge in [0.25, 0.3) is 0 Å². The standard InChI is InChI=1S/C22H32O3S/c1-20-7-3-14(23)11-13(20)12-17(26)19-15(20)4-8-21(2)16(19)5-9-22(21)10-6-18(24)25-22/h11,14-17,19,23,26H,3-10,12H2,1-2H3/t14?,15-,16-,17+,19+,20-,21-,22+/m0/s1. The molecule has 5 rings (SSSR count). The van der Waals surface area contributed by atoms with E-state index in [0.717, 1.165) is 38.5 Å². The molecule has 1 aliphatic heterocycles. The second-order valence-electron chi connectivity index (χ2n) is 10.2. The SMILES string of the molecule is C[C@]12CCC(O)C=C1C[C@@H](S)[C@@H]1[C@@H]2CC[C@@]2(C)[C@H]1CC[C@@]21CCC(=O)O1. The van der Waals surface area contributed by atoms with Crippen LogP contribution in [0.4, 0.5) is 0 Å². The van der Waals surface area contributed by atoms with E-state index in [0.29, 0.717) is 29.4 Å². The monoisotopic (exact) mass is 376 g/mol. The molecule has 144 valence electrons. The van der Waals surface area contributed by atoms with Gasteiger partial charge in [0.2, 0.25) is 0 Å². The van der Waals surface area contributed by atoms with E-state index in [1.54, 1.807) is 0 Å². The van der Waals surface area contributed by atoms with Crippen LogP contribution in [0.1, 0.15) is 71.6 Å². The smallest absolute Gasteiger partial charge is 0.306 e. The number of hydrogen-bond acceptors (Lipinski definition) is 4. The number of rotatable bonds is 0. The summed E-state index contributed by atoms with van der Waals surface area (Å²) in [5, 5.41) is 10.5. The number of aliphatic hydroxyl groups is 1. The van der Waals surface area contributed by atoms with Crippen LogP contribution in [0, 0.1) is 28.6 Å². The van der Waals surface area contributed by atoms with Gasteiger partial charge in [0.1, 0.15) is 5.60 Å². The second kappa shape index (κ2) is 5.53. The van der Waals surface area contributed by atoms with Crippen molar-refractivity contribution in [3.05, 3.63) is 11.6 Å². The van der Waals surface area contributed by atoms with Crippen LogP contribution >= 0.6 is 12.6 Å². The van der Waals surface area contributed by atoms with Crippen molar-refractivity contribution < 1.29 is 14.6 Å². The van der Waals surface area contributed by atoms with Crippen molar-refractivity contribution in [1.82, 2.24) is 0 Å². The highest BCUT2D eigenvalue weighted by atomic mass is 32.1. The predicted molar refractivity (Wildman–Crippen MR) is 104 cm³/mol. The van der Waals surface area contributed by atoms with E-state index in [1.165, 1.54) is 18.4 Å². The van der Waals surface area contributed by atoms with E-state index in [1.807, 2.05) is 0 Å². The van der Waals surface area contributed by atoms with Crippen LogP contribution in [0.5, 0.6) is 0 Å². The third kappa shape index (κ3) is 2.09. The zero-order chi connectivity index (χ0) is 18.3. The quantitative estimate of drug-likeness (QED) is 0.376. The first kappa shape index (κ1) is 17.6. The van der Waals surface area contributed by atoms with Gasteiger partial charge in [0.05, 0.1) is 6.10 Å². The van der Waals surface area contributed by atoms with Crippen LogP contribution in [0.25, 0.3) is 0 Å². The van der Waals surface area contributed by atoms with Gasteiger partial charge in [-0.25, -0.2) is 0 Å². The maximum atomic E-state index is 12.0. The Morgan fingerprint density at radius 1 is 1.12 bits per heavy atom. The Morgan fingerprint density at radius 3 is 2.62 bits per heavy atom. The number of hydrogen-bond donors (Lipinski definition) is 2. The van der Waals surface area contributed by atoms with Gasteiger partial charge in [-0.15, -0.1) is 0 Å². The lowest BCUT2D eigenvalue weighted by Crippen LogP contribution is -2.57. The molecule has 5 aliphatic rings.